The van der Waals surface area contributed by atoms with E-state index in [9.17, 15) is 9.59 Å². The highest BCUT2D eigenvalue weighted by Crippen LogP contribution is 2.09. The predicted molar refractivity (Wildman–Crippen MR) is 95.6 cm³/mol. The van der Waals surface area contributed by atoms with Crippen LogP contribution in [-0.2, 0) is 4.79 Å². The molecule has 2 aromatic rings. The molecule has 1 aromatic carbocycles. The number of amides is 2. The number of pyridine rings is 1. The molecule has 0 aliphatic carbocycles. The zero-order valence-corrected chi connectivity index (χ0v) is 13.9. The first-order valence-electron chi connectivity index (χ1n) is 8.31. The van der Waals surface area contributed by atoms with E-state index in [2.05, 4.69) is 15.2 Å². The molecular formula is C18H22N5O2+. The van der Waals surface area contributed by atoms with E-state index in [4.69, 9.17) is 5.73 Å². The van der Waals surface area contributed by atoms with Crippen molar-refractivity contribution in [3.05, 3.63) is 54.2 Å². The van der Waals surface area contributed by atoms with Crippen LogP contribution in [-0.4, -0.2) is 49.5 Å². The van der Waals surface area contributed by atoms with Gasteiger partial charge < -0.3 is 20.9 Å². The normalized spacial score (nSPS) is 15.0. The lowest BCUT2D eigenvalue weighted by atomic mass is 10.2. The number of nitrogens with zero attached hydrogens (tertiary/aromatic N) is 2. The molecule has 1 saturated heterocycles. The van der Waals surface area contributed by atoms with Gasteiger partial charge in [-0.05, 0) is 36.4 Å². The van der Waals surface area contributed by atoms with E-state index in [0.29, 0.717) is 17.8 Å². The number of anilines is 2. The number of nitrogens with two attached hydrogens (primary N) is 1. The molecule has 0 saturated carbocycles. The third kappa shape index (κ3) is 4.54. The molecule has 3 rings (SSSR count). The number of primary amides is 1. The number of carbonyl (C=O) groups is 2. The maximum Gasteiger partial charge on any atom is 0.279 e. The van der Waals surface area contributed by atoms with Gasteiger partial charge in [-0.1, -0.05) is 6.07 Å². The quantitative estimate of drug-likeness (QED) is 0.686. The van der Waals surface area contributed by atoms with Gasteiger partial charge in [0.25, 0.3) is 5.91 Å². The highest BCUT2D eigenvalue weighted by Gasteiger charge is 2.22. The van der Waals surface area contributed by atoms with Gasteiger partial charge in [0.05, 0.1) is 26.2 Å². The number of quaternary nitrogens is 1. The molecule has 1 aliphatic rings. The van der Waals surface area contributed by atoms with E-state index in [1.54, 1.807) is 30.5 Å². The minimum atomic E-state index is -0.479. The van der Waals surface area contributed by atoms with E-state index in [1.807, 2.05) is 18.2 Å². The van der Waals surface area contributed by atoms with E-state index >= 15 is 0 Å². The molecule has 0 spiro atoms. The van der Waals surface area contributed by atoms with Gasteiger partial charge in [-0.25, -0.2) is 4.98 Å². The number of aromatic nitrogens is 1. The standard InChI is InChI=1S/C18H21N5O2/c19-18(25)14-4-6-15(7-5-14)21-17(24)13-22-9-11-23(12-10-22)16-3-1-2-8-20-16/h1-8H,9-13H2,(H2,19,25)(H,21,24)/p+1. The second-order valence-electron chi connectivity index (χ2n) is 6.09. The summed E-state index contributed by atoms with van der Waals surface area (Å²) in [7, 11) is 0. The fourth-order valence-corrected chi connectivity index (χ4v) is 2.92. The summed E-state index contributed by atoms with van der Waals surface area (Å²) in [4.78, 5) is 31.1. The first-order chi connectivity index (χ1) is 12.1. The average molecular weight is 340 g/mol. The molecule has 25 heavy (non-hydrogen) atoms. The fraction of sp³-hybridized carbons (Fsp3) is 0.278. The summed E-state index contributed by atoms with van der Waals surface area (Å²) in [5.41, 5.74) is 6.30. The van der Waals surface area contributed by atoms with Crippen LogP contribution in [0.1, 0.15) is 10.4 Å². The zero-order chi connectivity index (χ0) is 17.6. The van der Waals surface area contributed by atoms with Gasteiger partial charge in [-0.2, -0.15) is 0 Å². The molecule has 2 heterocycles. The largest absolute Gasteiger partial charge is 0.366 e. The van der Waals surface area contributed by atoms with Crippen LogP contribution in [0.5, 0.6) is 0 Å². The summed E-state index contributed by atoms with van der Waals surface area (Å²) in [5.74, 6) is 0.474. The Morgan fingerprint density at radius 1 is 1.12 bits per heavy atom. The summed E-state index contributed by atoms with van der Waals surface area (Å²) in [6, 6.07) is 12.5. The molecule has 130 valence electrons. The van der Waals surface area contributed by atoms with Crippen LogP contribution in [0.25, 0.3) is 0 Å². The van der Waals surface area contributed by atoms with Crippen molar-refractivity contribution in [3.63, 3.8) is 0 Å². The fourth-order valence-electron chi connectivity index (χ4n) is 2.92. The number of benzene rings is 1. The van der Waals surface area contributed by atoms with Gasteiger partial charge in [0.2, 0.25) is 5.91 Å². The monoisotopic (exact) mass is 340 g/mol. The molecule has 0 bridgehead atoms. The highest BCUT2D eigenvalue weighted by atomic mass is 16.2. The summed E-state index contributed by atoms with van der Waals surface area (Å²) in [5, 5.41) is 2.86. The zero-order valence-electron chi connectivity index (χ0n) is 13.9. The lowest BCUT2D eigenvalue weighted by Gasteiger charge is -2.32. The Hall–Kier alpha value is -2.93. The van der Waals surface area contributed by atoms with Crippen molar-refractivity contribution in [1.82, 2.24) is 4.98 Å². The Morgan fingerprint density at radius 3 is 2.44 bits per heavy atom. The molecule has 2 amide bonds. The molecular weight excluding hydrogens is 318 g/mol. The molecule has 1 aromatic heterocycles. The number of rotatable bonds is 5. The van der Waals surface area contributed by atoms with Crippen molar-refractivity contribution in [1.29, 1.82) is 0 Å². The smallest absolute Gasteiger partial charge is 0.279 e. The van der Waals surface area contributed by atoms with Gasteiger partial charge in [-0.3, -0.25) is 9.59 Å². The summed E-state index contributed by atoms with van der Waals surface area (Å²) < 4.78 is 0. The Labute approximate surface area is 146 Å². The first-order valence-corrected chi connectivity index (χ1v) is 8.31. The molecule has 0 unspecified atom stereocenters. The topological polar surface area (TPSA) is 92.8 Å². The van der Waals surface area contributed by atoms with E-state index < -0.39 is 5.91 Å². The van der Waals surface area contributed by atoms with Gasteiger partial charge in [0.15, 0.2) is 6.54 Å². The number of hydrogen-bond donors (Lipinski definition) is 3. The van der Waals surface area contributed by atoms with Crippen LogP contribution >= 0.6 is 0 Å². The molecule has 0 radical (unpaired) electrons. The highest BCUT2D eigenvalue weighted by molar-refractivity contribution is 5.95. The second kappa shape index (κ2) is 7.76. The molecule has 0 atom stereocenters. The summed E-state index contributed by atoms with van der Waals surface area (Å²) in [6.45, 7) is 3.97. The second-order valence-corrected chi connectivity index (χ2v) is 6.09. The summed E-state index contributed by atoms with van der Waals surface area (Å²) in [6.07, 6.45) is 1.80. The van der Waals surface area contributed by atoms with Crippen molar-refractivity contribution < 1.29 is 14.5 Å². The third-order valence-electron chi connectivity index (χ3n) is 4.31. The Bertz CT molecular complexity index is 725. The van der Waals surface area contributed by atoms with Gasteiger partial charge in [-0.15, -0.1) is 0 Å². The Kier molecular flexibility index (Phi) is 5.25. The number of carbonyl (C=O) groups excluding carboxylic acids is 2. The molecule has 1 fully saturated rings. The third-order valence-corrected chi connectivity index (χ3v) is 4.31. The maximum atomic E-state index is 12.2. The minimum absolute atomic E-state index is 0.0342. The lowest BCUT2D eigenvalue weighted by Crippen LogP contribution is -3.15. The van der Waals surface area contributed by atoms with Crippen molar-refractivity contribution in [2.45, 2.75) is 0 Å². The Balaban J connectivity index is 1.47. The molecule has 7 nitrogen and oxygen atoms in total. The van der Waals surface area contributed by atoms with E-state index in [-0.39, 0.29) is 5.91 Å². The van der Waals surface area contributed by atoms with E-state index in [0.717, 1.165) is 32.0 Å². The van der Waals surface area contributed by atoms with Gasteiger partial charge >= 0.3 is 0 Å². The van der Waals surface area contributed by atoms with Crippen molar-refractivity contribution >= 4 is 23.3 Å². The molecule has 1 aliphatic heterocycles. The van der Waals surface area contributed by atoms with Crippen LogP contribution in [0.2, 0.25) is 0 Å². The van der Waals surface area contributed by atoms with Crippen LogP contribution in [0, 0.1) is 0 Å². The number of hydrogen-bond acceptors (Lipinski definition) is 4. The molecule has 7 heteroatoms. The number of piperazine rings is 1. The predicted octanol–water partition coefficient (Wildman–Crippen LogP) is -0.476. The van der Waals surface area contributed by atoms with Gasteiger partial charge in [0, 0.05) is 17.4 Å². The SMILES string of the molecule is NC(=O)c1ccc(NC(=O)C[NH+]2CCN(c3ccccn3)CC2)cc1. The first kappa shape index (κ1) is 16.9. The Morgan fingerprint density at radius 2 is 1.84 bits per heavy atom. The van der Waals surface area contributed by atoms with Gasteiger partial charge in [0.1, 0.15) is 5.82 Å². The van der Waals surface area contributed by atoms with Crippen LogP contribution in [0.15, 0.2) is 48.7 Å². The molecule has 4 N–H and O–H groups in total. The minimum Gasteiger partial charge on any atom is -0.366 e. The van der Waals surface area contributed by atoms with Crippen molar-refractivity contribution in [2.24, 2.45) is 5.73 Å². The van der Waals surface area contributed by atoms with Crippen LogP contribution in [0.4, 0.5) is 11.5 Å². The lowest BCUT2D eigenvalue weighted by molar-refractivity contribution is -0.892. The van der Waals surface area contributed by atoms with E-state index in [1.165, 1.54) is 4.90 Å². The van der Waals surface area contributed by atoms with Crippen molar-refractivity contribution in [2.75, 3.05) is 42.9 Å². The summed E-state index contributed by atoms with van der Waals surface area (Å²) >= 11 is 0. The average Bonchev–Trinajstić information content (AvgIpc) is 2.63. The number of nitrogens with one attached hydrogen (secondary N) is 2. The van der Waals surface area contributed by atoms with Crippen LogP contribution in [0.3, 0.4) is 0 Å². The maximum absolute atomic E-state index is 12.2. The van der Waals surface area contributed by atoms with Crippen LogP contribution < -0.4 is 20.9 Å². The van der Waals surface area contributed by atoms with Crippen molar-refractivity contribution in [3.8, 4) is 0 Å².